The number of amides is 2. The summed E-state index contributed by atoms with van der Waals surface area (Å²) in [7, 11) is -3.89. The Morgan fingerprint density at radius 2 is 1.77 bits per heavy atom. The molecule has 7 nitrogen and oxygen atoms in total. The average molecular weight is 450 g/mol. The van der Waals surface area contributed by atoms with Crippen molar-refractivity contribution in [1.29, 1.82) is 0 Å². The molecular formula is C21H24ClN3O4S. The molecule has 0 saturated carbocycles. The van der Waals surface area contributed by atoms with Crippen molar-refractivity contribution >= 4 is 44.2 Å². The fourth-order valence-electron chi connectivity index (χ4n) is 4.15. The summed E-state index contributed by atoms with van der Waals surface area (Å²) in [6.07, 6.45) is 2.29. The molecule has 0 spiro atoms. The molecule has 0 aromatic heterocycles. The van der Waals surface area contributed by atoms with Gasteiger partial charge in [-0.25, -0.2) is 8.42 Å². The molecule has 2 aromatic rings. The van der Waals surface area contributed by atoms with Gasteiger partial charge in [-0.3, -0.25) is 9.59 Å². The Bertz CT molecular complexity index is 1100. The van der Waals surface area contributed by atoms with E-state index in [2.05, 4.69) is 4.72 Å². The van der Waals surface area contributed by atoms with Crippen LogP contribution in [0.5, 0.6) is 0 Å². The Labute approximate surface area is 181 Å². The third-order valence-electron chi connectivity index (χ3n) is 5.86. The van der Waals surface area contributed by atoms with Gasteiger partial charge in [-0.1, -0.05) is 23.7 Å². The highest BCUT2D eigenvalue weighted by Gasteiger charge is 2.40. The predicted octanol–water partition coefficient (Wildman–Crippen LogP) is 2.38. The van der Waals surface area contributed by atoms with E-state index >= 15 is 0 Å². The first-order chi connectivity index (χ1) is 14.3. The van der Waals surface area contributed by atoms with E-state index in [-0.39, 0.29) is 16.7 Å². The fourth-order valence-corrected chi connectivity index (χ4v) is 5.59. The van der Waals surface area contributed by atoms with Gasteiger partial charge in [0, 0.05) is 24.7 Å². The molecule has 1 N–H and O–H groups in total. The number of nitrogens with zero attached hydrogens (tertiary/aromatic N) is 2. The lowest BCUT2D eigenvalue weighted by Gasteiger charge is -2.28. The summed E-state index contributed by atoms with van der Waals surface area (Å²) in [5.41, 5.74) is 0. The molecule has 0 bridgehead atoms. The molecule has 2 atom stereocenters. The standard InChI is InChI=1S/C21H24ClN3O4S/c1-14(20(26)24-9-2-3-10-24)25-11-8-19(21(25)27)23-30(28,29)18-7-5-15-12-17(22)6-4-16(15)13-18/h4-7,12-14,19,23H,2-3,8-11H2,1H3/t14-,19-/m1/s1. The smallest absolute Gasteiger partial charge is 0.245 e. The highest BCUT2D eigenvalue weighted by atomic mass is 35.5. The van der Waals surface area contributed by atoms with Crippen LogP contribution in [0, 0.1) is 0 Å². The molecule has 2 amide bonds. The van der Waals surface area contributed by atoms with Crippen molar-refractivity contribution in [3.8, 4) is 0 Å². The van der Waals surface area contributed by atoms with Gasteiger partial charge in [-0.05, 0) is 61.2 Å². The molecule has 2 saturated heterocycles. The Morgan fingerprint density at radius 3 is 2.50 bits per heavy atom. The van der Waals surface area contributed by atoms with E-state index in [0.29, 0.717) is 31.1 Å². The zero-order valence-corrected chi connectivity index (χ0v) is 18.2. The summed E-state index contributed by atoms with van der Waals surface area (Å²) in [6, 6.07) is 8.51. The van der Waals surface area contributed by atoms with Crippen LogP contribution in [-0.4, -0.2) is 61.7 Å². The third-order valence-corrected chi connectivity index (χ3v) is 7.57. The minimum atomic E-state index is -3.89. The van der Waals surface area contributed by atoms with Gasteiger partial charge in [-0.15, -0.1) is 0 Å². The number of sulfonamides is 1. The lowest BCUT2D eigenvalue weighted by molar-refractivity contribution is -0.142. The number of benzene rings is 2. The van der Waals surface area contributed by atoms with Crippen molar-refractivity contribution < 1.29 is 18.0 Å². The number of likely N-dealkylation sites (tertiary alicyclic amines) is 2. The van der Waals surface area contributed by atoms with Crippen LogP contribution in [-0.2, 0) is 19.6 Å². The topological polar surface area (TPSA) is 86.8 Å². The van der Waals surface area contributed by atoms with Crippen LogP contribution in [0.25, 0.3) is 10.8 Å². The molecule has 0 unspecified atom stereocenters. The zero-order valence-electron chi connectivity index (χ0n) is 16.7. The predicted molar refractivity (Wildman–Crippen MR) is 115 cm³/mol. The highest BCUT2D eigenvalue weighted by molar-refractivity contribution is 7.89. The minimum absolute atomic E-state index is 0.0717. The largest absolute Gasteiger partial charge is 0.341 e. The number of halogens is 1. The van der Waals surface area contributed by atoms with E-state index in [1.54, 1.807) is 42.2 Å². The number of carbonyl (C=O) groups is 2. The first kappa shape index (κ1) is 21.1. The van der Waals surface area contributed by atoms with Crippen molar-refractivity contribution in [2.75, 3.05) is 19.6 Å². The van der Waals surface area contributed by atoms with Crippen molar-refractivity contribution in [2.45, 2.75) is 43.2 Å². The van der Waals surface area contributed by atoms with Crippen molar-refractivity contribution in [2.24, 2.45) is 0 Å². The van der Waals surface area contributed by atoms with Gasteiger partial charge >= 0.3 is 0 Å². The van der Waals surface area contributed by atoms with E-state index in [4.69, 9.17) is 11.6 Å². The molecule has 2 fully saturated rings. The molecule has 2 heterocycles. The van der Waals surface area contributed by atoms with E-state index in [9.17, 15) is 18.0 Å². The molecular weight excluding hydrogens is 426 g/mol. The Morgan fingerprint density at radius 1 is 1.10 bits per heavy atom. The second-order valence-electron chi connectivity index (χ2n) is 7.86. The van der Waals surface area contributed by atoms with Crippen LogP contribution < -0.4 is 4.72 Å². The fraction of sp³-hybridized carbons (Fsp3) is 0.429. The zero-order chi connectivity index (χ0) is 21.5. The lowest BCUT2D eigenvalue weighted by Crippen LogP contribution is -2.49. The number of carbonyl (C=O) groups excluding carboxylic acids is 2. The molecule has 2 aliphatic rings. The lowest BCUT2D eigenvalue weighted by atomic mass is 10.1. The third kappa shape index (κ3) is 4.04. The molecule has 0 aliphatic carbocycles. The minimum Gasteiger partial charge on any atom is -0.341 e. The molecule has 9 heteroatoms. The summed E-state index contributed by atoms with van der Waals surface area (Å²) in [6.45, 7) is 3.50. The van der Waals surface area contributed by atoms with Crippen LogP contribution in [0.1, 0.15) is 26.2 Å². The summed E-state index contributed by atoms with van der Waals surface area (Å²) >= 11 is 5.98. The first-order valence-corrected chi connectivity index (χ1v) is 11.9. The summed E-state index contributed by atoms with van der Waals surface area (Å²) < 4.78 is 28.3. The van der Waals surface area contributed by atoms with Gasteiger partial charge in [0.05, 0.1) is 4.90 Å². The number of rotatable bonds is 5. The van der Waals surface area contributed by atoms with Gasteiger partial charge in [0.2, 0.25) is 21.8 Å². The van der Waals surface area contributed by atoms with E-state index in [0.717, 1.165) is 23.6 Å². The normalized spacial score (nSPS) is 20.9. The number of fused-ring (bicyclic) bond motifs is 1. The van der Waals surface area contributed by atoms with Gasteiger partial charge in [0.25, 0.3) is 0 Å². The number of nitrogens with one attached hydrogen (secondary N) is 1. The van der Waals surface area contributed by atoms with Crippen LogP contribution in [0.15, 0.2) is 41.3 Å². The second kappa shape index (κ2) is 8.17. The van der Waals surface area contributed by atoms with Crippen LogP contribution in [0.3, 0.4) is 0 Å². The van der Waals surface area contributed by atoms with Crippen LogP contribution in [0.4, 0.5) is 0 Å². The van der Waals surface area contributed by atoms with E-state index in [1.165, 1.54) is 11.0 Å². The molecule has 2 aromatic carbocycles. The van der Waals surface area contributed by atoms with Gasteiger partial charge in [0.1, 0.15) is 12.1 Å². The number of hydrogen-bond acceptors (Lipinski definition) is 4. The SMILES string of the molecule is C[C@H](C(=O)N1CCCC1)N1CC[C@@H](NS(=O)(=O)c2ccc3cc(Cl)ccc3c2)C1=O. The molecule has 0 radical (unpaired) electrons. The van der Waals surface area contributed by atoms with Crippen LogP contribution >= 0.6 is 11.6 Å². The summed E-state index contributed by atoms with van der Waals surface area (Å²) in [5, 5.41) is 2.15. The average Bonchev–Trinajstić information content (AvgIpc) is 3.37. The van der Waals surface area contributed by atoms with E-state index < -0.39 is 22.1 Å². The van der Waals surface area contributed by atoms with Gasteiger partial charge in [-0.2, -0.15) is 4.72 Å². The maximum atomic E-state index is 12.9. The van der Waals surface area contributed by atoms with E-state index in [1.807, 2.05) is 0 Å². The monoisotopic (exact) mass is 449 g/mol. The highest BCUT2D eigenvalue weighted by Crippen LogP contribution is 2.24. The second-order valence-corrected chi connectivity index (χ2v) is 10.0. The van der Waals surface area contributed by atoms with Crippen molar-refractivity contribution in [3.63, 3.8) is 0 Å². The molecule has 2 aliphatic heterocycles. The number of hydrogen-bond donors (Lipinski definition) is 1. The van der Waals surface area contributed by atoms with Gasteiger partial charge in [0.15, 0.2) is 0 Å². The van der Waals surface area contributed by atoms with Gasteiger partial charge < -0.3 is 9.80 Å². The van der Waals surface area contributed by atoms with Crippen LogP contribution in [0.2, 0.25) is 5.02 Å². The molecule has 4 rings (SSSR count). The van der Waals surface area contributed by atoms with Crippen molar-refractivity contribution in [1.82, 2.24) is 14.5 Å². The van der Waals surface area contributed by atoms with Crippen molar-refractivity contribution in [3.05, 3.63) is 41.4 Å². The summed E-state index contributed by atoms with van der Waals surface area (Å²) in [5.74, 6) is -0.427. The first-order valence-electron chi connectivity index (χ1n) is 10.1. The quantitative estimate of drug-likeness (QED) is 0.759. The maximum absolute atomic E-state index is 12.9. The Hall–Kier alpha value is -2.16. The molecule has 160 valence electrons. The Kier molecular flexibility index (Phi) is 5.74. The Balaban J connectivity index is 1.48. The maximum Gasteiger partial charge on any atom is 0.245 e. The summed E-state index contributed by atoms with van der Waals surface area (Å²) in [4.78, 5) is 28.8. The molecule has 30 heavy (non-hydrogen) atoms.